The van der Waals surface area contributed by atoms with Gasteiger partial charge in [-0.15, -0.1) is 0 Å². The molecule has 0 saturated carbocycles. The summed E-state index contributed by atoms with van der Waals surface area (Å²) in [6.45, 7) is 0.936. The normalized spacial score (nSPS) is 19.4. The number of halogens is 1. The molecule has 0 bridgehead atoms. The largest absolute Gasteiger partial charge is 0.454 e. The van der Waals surface area contributed by atoms with Gasteiger partial charge in [0, 0.05) is 24.3 Å². The third-order valence-corrected chi connectivity index (χ3v) is 5.28. The van der Waals surface area contributed by atoms with Gasteiger partial charge in [-0.2, -0.15) is 0 Å². The van der Waals surface area contributed by atoms with Crippen molar-refractivity contribution in [3.63, 3.8) is 0 Å². The predicted molar refractivity (Wildman–Crippen MR) is 107 cm³/mol. The Morgan fingerprint density at radius 2 is 1.90 bits per heavy atom. The number of benzene rings is 2. The van der Waals surface area contributed by atoms with Crippen LogP contribution in [0.2, 0.25) is 5.02 Å². The van der Waals surface area contributed by atoms with Gasteiger partial charge >= 0.3 is 6.03 Å². The number of nitro groups is 1. The van der Waals surface area contributed by atoms with Crippen LogP contribution in [0.3, 0.4) is 0 Å². The Bertz CT molecular complexity index is 1120. The number of carbonyl (C=O) groups is 3. The van der Waals surface area contributed by atoms with E-state index in [4.69, 9.17) is 21.1 Å². The van der Waals surface area contributed by atoms with Crippen LogP contribution < -0.4 is 20.1 Å². The van der Waals surface area contributed by atoms with Crippen molar-refractivity contribution in [3.8, 4) is 11.5 Å². The van der Waals surface area contributed by atoms with E-state index in [1.807, 2.05) is 0 Å². The van der Waals surface area contributed by atoms with E-state index in [1.54, 1.807) is 0 Å². The van der Waals surface area contributed by atoms with Gasteiger partial charge in [0.1, 0.15) is 12.1 Å². The van der Waals surface area contributed by atoms with Crippen LogP contribution in [0, 0.1) is 10.1 Å². The van der Waals surface area contributed by atoms with Gasteiger partial charge in [0.05, 0.1) is 15.6 Å². The summed E-state index contributed by atoms with van der Waals surface area (Å²) in [7, 11) is 0. The van der Waals surface area contributed by atoms with E-state index in [9.17, 15) is 24.5 Å². The monoisotopic (exact) mass is 446 g/mol. The number of rotatable bonds is 5. The lowest BCUT2D eigenvalue weighted by Crippen LogP contribution is -2.42. The van der Waals surface area contributed by atoms with Gasteiger partial charge in [0.25, 0.3) is 11.6 Å². The molecule has 11 nitrogen and oxygen atoms in total. The van der Waals surface area contributed by atoms with Crippen molar-refractivity contribution >= 4 is 40.8 Å². The molecule has 1 unspecified atom stereocenters. The third kappa shape index (κ3) is 3.59. The molecule has 12 heteroatoms. The van der Waals surface area contributed by atoms with Crippen LogP contribution in [0.15, 0.2) is 36.4 Å². The molecule has 0 spiro atoms. The zero-order valence-corrected chi connectivity index (χ0v) is 16.8. The van der Waals surface area contributed by atoms with E-state index in [0.29, 0.717) is 17.1 Å². The van der Waals surface area contributed by atoms with Gasteiger partial charge in [0.2, 0.25) is 12.7 Å². The Balaban J connectivity index is 1.49. The summed E-state index contributed by atoms with van der Waals surface area (Å²) in [4.78, 5) is 48.8. The van der Waals surface area contributed by atoms with E-state index >= 15 is 0 Å². The highest BCUT2D eigenvalue weighted by Crippen LogP contribution is 2.39. The Morgan fingerprint density at radius 3 is 2.55 bits per heavy atom. The summed E-state index contributed by atoms with van der Waals surface area (Å²) in [5, 5.41) is 16.1. The second-order valence-electron chi connectivity index (χ2n) is 6.98. The van der Waals surface area contributed by atoms with E-state index in [0.717, 1.165) is 4.90 Å². The van der Waals surface area contributed by atoms with Gasteiger partial charge in [-0.05, 0) is 24.6 Å². The highest BCUT2D eigenvalue weighted by atomic mass is 35.5. The molecule has 4 amide bonds. The molecule has 2 heterocycles. The molecular weight excluding hydrogens is 432 g/mol. The van der Waals surface area contributed by atoms with Crippen LogP contribution in [0.25, 0.3) is 0 Å². The highest BCUT2D eigenvalue weighted by Gasteiger charge is 2.49. The zero-order chi connectivity index (χ0) is 22.3. The molecule has 2 aromatic carbocycles. The van der Waals surface area contributed by atoms with Gasteiger partial charge in [0.15, 0.2) is 11.5 Å². The van der Waals surface area contributed by atoms with E-state index in [2.05, 4.69) is 10.6 Å². The highest BCUT2D eigenvalue weighted by molar-refractivity contribution is 6.34. The standard InChI is InChI=1S/C19H15ClN4O7/c1-19(10-2-4-11(5-3-10)24(28)29)17(26)23(18(27)22-19)8-16(25)21-13-7-15-14(6-12(13)20)30-9-31-15/h2-7H,8-9H2,1H3,(H,21,25)(H,22,27). The number of ether oxygens (including phenoxy) is 2. The first-order valence-electron chi connectivity index (χ1n) is 8.97. The third-order valence-electron chi connectivity index (χ3n) is 4.97. The number of imide groups is 1. The lowest BCUT2D eigenvalue weighted by molar-refractivity contribution is -0.384. The Labute approximate surface area is 180 Å². The second-order valence-corrected chi connectivity index (χ2v) is 7.39. The van der Waals surface area contributed by atoms with Crippen molar-refractivity contribution in [2.45, 2.75) is 12.5 Å². The summed E-state index contributed by atoms with van der Waals surface area (Å²) >= 11 is 6.13. The number of non-ortho nitro benzene ring substituents is 1. The maximum atomic E-state index is 12.9. The van der Waals surface area contributed by atoms with Crippen LogP contribution in [0.5, 0.6) is 11.5 Å². The smallest absolute Gasteiger partial charge is 0.325 e. The number of carbonyl (C=O) groups excluding carboxylic acids is 3. The fourth-order valence-corrected chi connectivity index (χ4v) is 3.50. The lowest BCUT2D eigenvalue weighted by Gasteiger charge is -2.22. The second kappa shape index (κ2) is 7.43. The van der Waals surface area contributed by atoms with Crippen LogP contribution in [0.4, 0.5) is 16.2 Å². The minimum absolute atomic E-state index is 0.0345. The van der Waals surface area contributed by atoms with Crippen LogP contribution in [-0.4, -0.2) is 41.0 Å². The summed E-state index contributed by atoms with van der Waals surface area (Å²) in [6.07, 6.45) is 0. The van der Waals surface area contributed by atoms with Crippen molar-refractivity contribution in [1.82, 2.24) is 10.2 Å². The molecule has 0 aliphatic carbocycles. The quantitative estimate of drug-likeness (QED) is 0.408. The van der Waals surface area contributed by atoms with Crippen LogP contribution in [0.1, 0.15) is 12.5 Å². The average Bonchev–Trinajstić information content (AvgIpc) is 3.26. The van der Waals surface area contributed by atoms with Gasteiger partial charge in [-0.3, -0.25) is 24.6 Å². The number of hydrogen-bond acceptors (Lipinski definition) is 7. The van der Waals surface area contributed by atoms with Gasteiger partial charge < -0.3 is 20.1 Å². The Kier molecular flexibility index (Phi) is 4.90. The maximum absolute atomic E-state index is 12.9. The topological polar surface area (TPSA) is 140 Å². The molecule has 160 valence electrons. The van der Waals surface area contributed by atoms with Gasteiger partial charge in [-0.1, -0.05) is 11.6 Å². The molecule has 0 aromatic heterocycles. The van der Waals surface area contributed by atoms with Crippen molar-refractivity contribution < 1.29 is 28.8 Å². The number of anilines is 1. The zero-order valence-electron chi connectivity index (χ0n) is 16.0. The fraction of sp³-hybridized carbons (Fsp3) is 0.211. The van der Waals surface area contributed by atoms with Crippen molar-refractivity contribution in [2.75, 3.05) is 18.7 Å². The molecule has 1 atom stereocenters. The summed E-state index contributed by atoms with van der Waals surface area (Å²) < 4.78 is 10.4. The molecule has 2 N–H and O–H groups in total. The Morgan fingerprint density at radius 1 is 1.26 bits per heavy atom. The molecule has 2 aliphatic heterocycles. The Hall–Kier alpha value is -3.86. The molecule has 1 saturated heterocycles. The number of hydrogen-bond donors (Lipinski definition) is 2. The van der Waals surface area contributed by atoms with Crippen molar-refractivity contribution in [2.24, 2.45) is 0 Å². The molecule has 31 heavy (non-hydrogen) atoms. The first kappa shape index (κ1) is 20.4. The summed E-state index contributed by atoms with van der Waals surface area (Å²) in [6, 6.07) is 7.43. The number of nitrogens with one attached hydrogen (secondary N) is 2. The number of urea groups is 1. The molecule has 2 aromatic rings. The number of nitro benzene ring substituents is 1. The van der Waals surface area contributed by atoms with Crippen molar-refractivity contribution in [1.29, 1.82) is 0 Å². The van der Waals surface area contributed by atoms with Crippen molar-refractivity contribution in [3.05, 3.63) is 57.1 Å². The number of fused-ring (bicyclic) bond motifs is 1. The van der Waals surface area contributed by atoms with E-state index in [1.165, 1.54) is 43.3 Å². The van der Waals surface area contributed by atoms with E-state index in [-0.39, 0.29) is 23.2 Å². The SMILES string of the molecule is CC1(c2ccc([N+](=O)[O-])cc2)NC(=O)N(CC(=O)Nc2cc3c(cc2Cl)OCO3)C1=O. The van der Waals surface area contributed by atoms with Crippen LogP contribution >= 0.6 is 11.6 Å². The average molecular weight is 447 g/mol. The van der Waals surface area contributed by atoms with Gasteiger partial charge in [-0.25, -0.2) is 4.79 Å². The minimum Gasteiger partial charge on any atom is -0.454 e. The van der Waals surface area contributed by atoms with E-state index < -0.39 is 34.9 Å². The molecule has 4 rings (SSSR count). The number of amides is 4. The maximum Gasteiger partial charge on any atom is 0.325 e. The summed E-state index contributed by atoms with van der Waals surface area (Å²) in [5.74, 6) is -0.480. The molecule has 2 aliphatic rings. The molecule has 1 fully saturated rings. The fourth-order valence-electron chi connectivity index (χ4n) is 3.30. The predicted octanol–water partition coefficient (Wildman–Crippen LogP) is 2.38. The first-order valence-corrected chi connectivity index (χ1v) is 9.35. The minimum atomic E-state index is -1.47. The van der Waals surface area contributed by atoms with Crippen LogP contribution in [-0.2, 0) is 15.1 Å². The summed E-state index contributed by atoms with van der Waals surface area (Å²) in [5.41, 5.74) is -1.04. The first-order chi connectivity index (χ1) is 14.7. The molecule has 0 radical (unpaired) electrons. The number of nitrogens with zero attached hydrogens (tertiary/aromatic N) is 2. The lowest BCUT2D eigenvalue weighted by atomic mass is 9.92. The molecular formula is C19H15ClN4O7.